The van der Waals surface area contributed by atoms with Crippen LogP contribution in [0.5, 0.6) is 0 Å². The first kappa shape index (κ1) is 19.6. The monoisotopic (exact) mass is 211 g/mol. The average molecular weight is 211 g/mol. The number of hydrogen-bond acceptors (Lipinski definition) is 4. The first-order valence-corrected chi connectivity index (χ1v) is 4.80. The Hall–Kier alpha value is 2.11. The van der Waals surface area contributed by atoms with Crippen LogP contribution in [0.1, 0.15) is 6.42 Å². The first-order valence-electron chi connectivity index (χ1n) is 3.07. The normalized spacial score (nSPS) is 10.4. The van der Waals surface area contributed by atoms with Crippen molar-refractivity contribution in [3.05, 3.63) is 0 Å². The van der Waals surface area contributed by atoms with Crippen LogP contribution in [0.2, 0.25) is 0 Å². The summed E-state index contributed by atoms with van der Waals surface area (Å²) < 4.78 is 10.1. The second kappa shape index (κ2) is 9.66. The molecule has 62 valence electrons. The van der Waals surface area contributed by atoms with E-state index < -0.39 is 7.60 Å². The van der Waals surface area contributed by atoms with Crippen LogP contribution in [0.25, 0.3) is 0 Å². The second-order valence-electron chi connectivity index (χ2n) is 2.49. The Balaban J connectivity index is -0.000000405. The fourth-order valence-corrected chi connectivity index (χ4v) is 1.11. The molecule has 0 bridgehead atoms. The summed E-state index contributed by atoms with van der Waals surface area (Å²) in [5, 5.41) is 0. The van der Waals surface area contributed by atoms with Gasteiger partial charge in [0.2, 0.25) is 0 Å². The molecule has 0 unspecified atom stereocenters. The number of rotatable bonds is 4. The molecule has 12 heavy (non-hydrogen) atoms. The molecule has 0 heterocycles. The Morgan fingerprint density at radius 2 is 1.67 bits per heavy atom. The Kier molecular flexibility index (Phi) is 15.8. The Bertz CT molecular complexity index is 139. The van der Waals surface area contributed by atoms with Gasteiger partial charge in [0.05, 0.1) is 0 Å². The third kappa shape index (κ3) is 18.0. The Morgan fingerprint density at radius 1 is 1.25 bits per heavy atom. The molecule has 0 atom stereocenters. The Labute approximate surface area is 118 Å². The third-order valence-electron chi connectivity index (χ3n) is 1.04. The van der Waals surface area contributed by atoms with E-state index in [2.05, 4.69) is 0 Å². The molecular formula is C5H12NNa2O3P. The van der Waals surface area contributed by atoms with Gasteiger partial charge in [0, 0.05) is 0 Å². The van der Waals surface area contributed by atoms with E-state index in [0.717, 1.165) is 0 Å². The van der Waals surface area contributed by atoms with Crippen molar-refractivity contribution >= 4 is 7.60 Å². The standard InChI is InChI=1S/C5H14NO3P.2Na/c1-6(2)4-3-5-10(7,8)9;;/h3-5H2,1-2H3,(H2,7,8,9);;/q;2*+1/p-2. The summed E-state index contributed by atoms with van der Waals surface area (Å²) >= 11 is 0. The van der Waals surface area contributed by atoms with Crippen LogP contribution in [-0.2, 0) is 4.57 Å². The minimum absolute atomic E-state index is 0. The molecule has 0 aromatic heterocycles. The van der Waals surface area contributed by atoms with Crippen LogP contribution in [0.4, 0.5) is 0 Å². The summed E-state index contributed by atoms with van der Waals surface area (Å²) in [6.07, 6.45) is 0.197. The van der Waals surface area contributed by atoms with E-state index in [9.17, 15) is 14.4 Å². The summed E-state index contributed by atoms with van der Waals surface area (Å²) in [7, 11) is -0.581. The van der Waals surface area contributed by atoms with Gasteiger partial charge in [0.25, 0.3) is 0 Å². The molecule has 0 aliphatic heterocycles. The van der Waals surface area contributed by atoms with Crippen molar-refractivity contribution < 1.29 is 73.5 Å². The van der Waals surface area contributed by atoms with Crippen molar-refractivity contribution in [1.29, 1.82) is 0 Å². The van der Waals surface area contributed by atoms with Crippen molar-refractivity contribution in [2.24, 2.45) is 0 Å². The van der Waals surface area contributed by atoms with Crippen molar-refractivity contribution in [2.45, 2.75) is 6.42 Å². The van der Waals surface area contributed by atoms with Gasteiger partial charge in [-0.1, -0.05) is 7.60 Å². The van der Waals surface area contributed by atoms with E-state index in [4.69, 9.17) is 0 Å². The van der Waals surface area contributed by atoms with Gasteiger partial charge in [-0.25, -0.2) is 0 Å². The number of nitrogens with zero attached hydrogens (tertiary/aromatic N) is 1. The van der Waals surface area contributed by atoms with Crippen LogP contribution in [0.3, 0.4) is 0 Å². The predicted octanol–water partition coefficient (Wildman–Crippen LogP) is -7.14. The molecule has 0 rings (SSSR count). The van der Waals surface area contributed by atoms with E-state index >= 15 is 0 Å². The van der Waals surface area contributed by atoms with E-state index in [1.54, 1.807) is 0 Å². The first-order chi connectivity index (χ1) is 4.42. The van der Waals surface area contributed by atoms with E-state index in [1.165, 1.54) is 0 Å². The molecule has 0 N–H and O–H groups in total. The van der Waals surface area contributed by atoms with Gasteiger partial charge in [0.15, 0.2) is 0 Å². The topological polar surface area (TPSA) is 66.4 Å². The molecule has 0 radical (unpaired) electrons. The maximum atomic E-state index is 10.1. The SMILES string of the molecule is CN(C)CCCP(=O)([O-])[O-].[Na+].[Na+]. The molecule has 4 nitrogen and oxygen atoms in total. The third-order valence-corrected chi connectivity index (χ3v) is 1.90. The van der Waals surface area contributed by atoms with Crippen molar-refractivity contribution in [1.82, 2.24) is 4.90 Å². The van der Waals surface area contributed by atoms with Crippen LogP contribution in [0, 0.1) is 0 Å². The van der Waals surface area contributed by atoms with Gasteiger partial charge >= 0.3 is 59.1 Å². The van der Waals surface area contributed by atoms with E-state index in [-0.39, 0.29) is 65.3 Å². The average Bonchev–Trinajstić information content (AvgIpc) is 1.59. The van der Waals surface area contributed by atoms with Gasteiger partial charge in [-0.05, 0) is 33.2 Å². The minimum Gasteiger partial charge on any atom is -0.811 e. The molecule has 7 heteroatoms. The molecule has 0 spiro atoms. The van der Waals surface area contributed by atoms with Crippen LogP contribution < -0.4 is 68.9 Å². The van der Waals surface area contributed by atoms with Crippen LogP contribution >= 0.6 is 7.60 Å². The zero-order valence-electron chi connectivity index (χ0n) is 8.24. The Morgan fingerprint density at radius 3 is 1.92 bits per heavy atom. The van der Waals surface area contributed by atoms with Crippen molar-refractivity contribution in [3.63, 3.8) is 0 Å². The molecular weight excluding hydrogens is 199 g/mol. The molecule has 0 saturated carbocycles. The second-order valence-corrected chi connectivity index (χ2v) is 4.16. The van der Waals surface area contributed by atoms with Crippen LogP contribution in [-0.4, -0.2) is 31.7 Å². The summed E-state index contributed by atoms with van der Waals surface area (Å²) in [6, 6.07) is 0. The molecule has 0 aromatic rings. The molecule has 0 saturated heterocycles. The van der Waals surface area contributed by atoms with Gasteiger partial charge in [0.1, 0.15) is 0 Å². The molecule has 0 aromatic carbocycles. The van der Waals surface area contributed by atoms with Gasteiger partial charge in [-0.3, -0.25) is 0 Å². The smallest absolute Gasteiger partial charge is 0.811 e. The molecule has 0 fully saturated rings. The van der Waals surface area contributed by atoms with E-state index in [0.29, 0.717) is 13.0 Å². The summed E-state index contributed by atoms with van der Waals surface area (Å²) in [5.41, 5.74) is 0. The fraction of sp³-hybridized carbons (Fsp3) is 1.00. The number of hydrogen-bond donors (Lipinski definition) is 0. The summed E-state index contributed by atoms with van der Waals surface area (Å²) in [6.45, 7) is 0.647. The van der Waals surface area contributed by atoms with E-state index in [1.807, 2.05) is 19.0 Å². The van der Waals surface area contributed by atoms with Crippen LogP contribution in [0.15, 0.2) is 0 Å². The van der Waals surface area contributed by atoms with Gasteiger partial charge in [-0.15, -0.1) is 0 Å². The molecule has 0 aliphatic rings. The van der Waals surface area contributed by atoms with Gasteiger partial charge in [-0.2, -0.15) is 0 Å². The largest absolute Gasteiger partial charge is 1.00 e. The zero-order valence-corrected chi connectivity index (χ0v) is 13.1. The minimum atomic E-state index is -4.25. The van der Waals surface area contributed by atoms with Crippen molar-refractivity contribution in [2.75, 3.05) is 26.8 Å². The van der Waals surface area contributed by atoms with Gasteiger partial charge < -0.3 is 19.3 Å². The maximum absolute atomic E-state index is 10.1. The maximum Gasteiger partial charge on any atom is 1.00 e. The summed E-state index contributed by atoms with van der Waals surface area (Å²) in [5.74, 6) is 0. The zero-order chi connectivity index (χ0) is 8.20. The molecule has 0 aliphatic carbocycles. The fourth-order valence-electron chi connectivity index (χ4n) is 0.581. The summed E-state index contributed by atoms with van der Waals surface area (Å²) in [4.78, 5) is 22.0. The van der Waals surface area contributed by atoms with Crippen molar-refractivity contribution in [3.8, 4) is 0 Å². The predicted molar refractivity (Wildman–Crippen MR) is 35.6 cm³/mol. The quantitative estimate of drug-likeness (QED) is 0.342. The molecule has 0 amide bonds.